The van der Waals surface area contributed by atoms with Crippen LogP contribution in [0.2, 0.25) is 0 Å². The van der Waals surface area contributed by atoms with Crippen LogP contribution < -0.4 is 0 Å². The minimum Gasteiger partial charge on any atom is -0.394 e. The molecule has 0 bridgehead atoms. The molecule has 5 N–H and O–H groups in total. The monoisotopic (exact) mass is 301 g/mol. The third kappa shape index (κ3) is 4.69. The van der Waals surface area contributed by atoms with Crippen molar-refractivity contribution in [1.82, 2.24) is 14.9 Å². The van der Waals surface area contributed by atoms with Gasteiger partial charge in [-0.1, -0.05) is 0 Å². The summed E-state index contributed by atoms with van der Waals surface area (Å²) >= 11 is 0. The number of nitrogens with zero attached hydrogens (tertiary/aromatic N) is 3. The first-order chi connectivity index (χ1) is 9.88. The zero-order valence-corrected chi connectivity index (χ0v) is 11.4. The van der Waals surface area contributed by atoms with E-state index in [-0.39, 0.29) is 12.2 Å². The van der Waals surface area contributed by atoms with Gasteiger partial charge in [-0.3, -0.25) is 9.78 Å². The van der Waals surface area contributed by atoms with Crippen molar-refractivity contribution in [3.05, 3.63) is 24.3 Å². The number of amides is 1. The first-order valence-corrected chi connectivity index (χ1v) is 6.23. The van der Waals surface area contributed by atoms with Crippen LogP contribution in [-0.4, -0.2) is 90.9 Å². The average molecular weight is 301 g/mol. The average Bonchev–Trinajstić information content (AvgIpc) is 2.52. The van der Waals surface area contributed by atoms with Gasteiger partial charge in [0, 0.05) is 26.0 Å². The molecule has 4 unspecified atom stereocenters. The Balaban J connectivity index is 2.61. The predicted octanol–water partition coefficient (Wildman–Crippen LogP) is -3.02. The Kier molecular flexibility index (Phi) is 6.59. The lowest BCUT2D eigenvalue weighted by molar-refractivity contribution is -0.117. The van der Waals surface area contributed by atoms with Crippen LogP contribution in [-0.2, 0) is 0 Å². The van der Waals surface area contributed by atoms with Crippen molar-refractivity contribution in [1.29, 1.82) is 0 Å². The van der Waals surface area contributed by atoms with Gasteiger partial charge in [0.25, 0.3) is 5.91 Å². The molecule has 1 amide bonds. The highest BCUT2D eigenvalue weighted by Gasteiger charge is 2.31. The maximum absolute atomic E-state index is 11.9. The summed E-state index contributed by atoms with van der Waals surface area (Å²) in [5.41, 5.74) is 0.0673. The number of likely N-dealkylation sites (N-methyl/N-ethyl adjacent to an activating group) is 1. The summed E-state index contributed by atoms with van der Waals surface area (Å²) in [7, 11) is 1.38. The Hall–Kier alpha value is -1.65. The van der Waals surface area contributed by atoms with Gasteiger partial charge in [-0.25, -0.2) is 4.98 Å². The van der Waals surface area contributed by atoms with Gasteiger partial charge in [-0.15, -0.1) is 0 Å². The lowest BCUT2D eigenvalue weighted by Gasteiger charge is -2.28. The standard InChI is InChI=1S/C12H19N3O6/c1-15(12(21)7-4-13-2-3-14-7)5-8(17)10(19)11(20)9(18)6-16/h2-4,8-11,16-20H,5-6H2,1H3. The fraction of sp³-hybridized carbons (Fsp3) is 0.583. The highest BCUT2D eigenvalue weighted by Crippen LogP contribution is 2.07. The first-order valence-electron chi connectivity index (χ1n) is 6.23. The topological polar surface area (TPSA) is 147 Å². The van der Waals surface area contributed by atoms with Crippen molar-refractivity contribution in [2.75, 3.05) is 20.2 Å². The molecule has 1 aromatic rings. The largest absolute Gasteiger partial charge is 0.394 e. The second-order valence-electron chi connectivity index (χ2n) is 4.57. The molecule has 4 atom stereocenters. The fourth-order valence-electron chi connectivity index (χ4n) is 1.64. The van der Waals surface area contributed by atoms with E-state index in [1.165, 1.54) is 25.6 Å². The molecular formula is C12H19N3O6. The summed E-state index contributed by atoms with van der Waals surface area (Å²) in [6.45, 7) is -1.06. The highest BCUT2D eigenvalue weighted by atomic mass is 16.4. The van der Waals surface area contributed by atoms with Crippen LogP contribution in [0.5, 0.6) is 0 Å². The first kappa shape index (κ1) is 17.4. The zero-order chi connectivity index (χ0) is 16.0. The number of aliphatic hydroxyl groups excluding tert-OH is 5. The molecule has 0 aliphatic carbocycles. The molecular weight excluding hydrogens is 282 g/mol. The van der Waals surface area contributed by atoms with E-state index in [4.69, 9.17) is 5.11 Å². The Labute approximate surface area is 121 Å². The third-order valence-electron chi connectivity index (χ3n) is 2.92. The van der Waals surface area contributed by atoms with Gasteiger partial charge in [0.1, 0.15) is 30.1 Å². The molecule has 0 saturated carbocycles. The predicted molar refractivity (Wildman–Crippen MR) is 70.1 cm³/mol. The van der Waals surface area contributed by atoms with Crippen molar-refractivity contribution >= 4 is 5.91 Å². The van der Waals surface area contributed by atoms with Crippen molar-refractivity contribution in [3.63, 3.8) is 0 Å². The van der Waals surface area contributed by atoms with Gasteiger partial charge in [-0.2, -0.15) is 0 Å². The summed E-state index contributed by atoms with van der Waals surface area (Å²) < 4.78 is 0. The second kappa shape index (κ2) is 7.96. The summed E-state index contributed by atoms with van der Waals surface area (Å²) in [5, 5.41) is 46.8. The Morgan fingerprint density at radius 1 is 1.19 bits per heavy atom. The van der Waals surface area contributed by atoms with E-state index in [0.29, 0.717) is 0 Å². The molecule has 0 radical (unpaired) electrons. The van der Waals surface area contributed by atoms with Gasteiger partial charge < -0.3 is 30.4 Å². The number of hydrogen-bond acceptors (Lipinski definition) is 8. The van der Waals surface area contributed by atoms with Crippen LogP contribution in [0.25, 0.3) is 0 Å². The molecule has 0 aromatic carbocycles. The summed E-state index contributed by atoms with van der Waals surface area (Å²) in [6.07, 6.45) is -2.54. The molecule has 9 nitrogen and oxygen atoms in total. The summed E-state index contributed by atoms with van der Waals surface area (Å²) in [4.78, 5) is 20.6. The smallest absolute Gasteiger partial charge is 0.273 e. The van der Waals surface area contributed by atoms with Crippen LogP contribution in [0.15, 0.2) is 18.6 Å². The number of aromatic nitrogens is 2. The number of hydrogen-bond donors (Lipinski definition) is 5. The van der Waals surface area contributed by atoms with Gasteiger partial charge >= 0.3 is 0 Å². The Morgan fingerprint density at radius 3 is 2.33 bits per heavy atom. The Morgan fingerprint density at radius 2 is 1.81 bits per heavy atom. The lowest BCUT2D eigenvalue weighted by Crippen LogP contribution is -2.50. The van der Waals surface area contributed by atoms with Gasteiger partial charge in [0.15, 0.2) is 0 Å². The minimum absolute atomic E-state index is 0.0673. The quantitative estimate of drug-likeness (QED) is 0.357. The van der Waals surface area contributed by atoms with Crippen LogP contribution in [0.1, 0.15) is 10.5 Å². The molecule has 0 fully saturated rings. The SMILES string of the molecule is CN(CC(O)C(O)C(O)C(O)CO)C(=O)c1cnccn1. The molecule has 0 aliphatic rings. The maximum atomic E-state index is 11.9. The van der Waals surface area contributed by atoms with Gasteiger partial charge in [0.05, 0.1) is 12.8 Å². The lowest BCUT2D eigenvalue weighted by atomic mass is 10.0. The van der Waals surface area contributed by atoms with E-state index < -0.39 is 36.9 Å². The molecule has 1 rings (SSSR count). The summed E-state index contributed by atoms with van der Waals surface area (Å²) in [6, 6.07) is 0. The van der Waals surface area contributed by atoms with Crippen molar-refractivity contribution in [3.8, 4) is 0 Å². The van der Waals surface area contributed by atoms with Crippen molar-refractivity contribution in [2.45, 2.75) is 24.4 Å². The molecule has 0 spiro atoms. The number of carbonyl (C=O) groups is 1. The van der Waals surface area contributed by atoms with E-state index in [1.54, 1.807) is 0 Å². The molecule has 1 aromatic heterocycles. The van der Waals surface area contributed by atoms with E-state index in [0.717, 1.165) is 4.90 Å². The van der Waals surface area contributed by atoms with Crippen LogP contribution in [0.3, 0.4) is 0 Å². The molecule has 0 saturated heterocycles. The van der Waals surface area contributed by atoms with Gasteiger partial charge in [-0.05, 0) is 0 Å². The van der Waals surface area contributed by atoms with Crippen LogP contribution in [0, 0.1) is 0 Å². The van der Waals surface area contributed by atoms with Crippen LogP contribution >= 0.6 is 0 Å². The zero-order valence-electron chi connectivity index (χ0n) is 11.4. The van der Waals surface area contributed by atoms with Crippen LogP contribution in [0.4, 0.5) is 0 Å². The van der Waals surface area contributed by atoms with Crippen molar-refractivity contribution in [2.24, 2.45) is 0 Å². The van der Waals surface area contributed by atoms with Gasteiger partial charge in [0.2, 0.25) is 0 Å². The Bertz CT molecular complexity index is 446. The number of aliphatic hydroxyl groups is 5. The molecule has 21 heavy (non-hydrogen) atoms. The molecule has 1 heterocycles. The fourth-order valence-corrected chi connectivity index (χ4v) is 1.64. The minimum atomic E-state index is -1.73. The van der Waals surface area contributed by atoms with E-state index in [2.05, 4.69) is 9.97 Å². The van der Waals surface area contributed by atoms with Crippen molar-refractivity contribution < 1.29 is 30.3 Å². The van der Waals surface area contributed by atoms with E-state index in [9.17, 15) is 25.2 Å². The summed E-state index contributed by atoms with van der Waals surface area (Å²) in [5.74, 6) is -0.522. The number of rotatable bonds is 7. The highest BCUT2D eigenvalue weighted by molar-refractivity contribution is 5.91. The normalized spacial score (nSPS) is 16.9. The maximum Gasteiger partial charge on any atom is 0.273 e. The van der Waals surface area contributed by atoms with E-state index in [1.807, 2.05) is 0 Å². The number of carbonyl (C=O) groups excluding carboxylic acids is 1. The van der Waals surface area contributed by atoms with E-state index >= 15 is 0 Å². The molecule has 118 valence electrons. The third-order valence-corrected chi connectivity index (χ3v) is 2.92. The second-order valence-corrected chi connectivity index (χ2v) is 4.57. The molecule has 9 heteroatoms. The molecule has 0 aliphatic heterocycles.